The van der Waals surface area contributed by atoms with Crippen LogP contribution in [0.25, 0.3) is 17.0 Å². The van der Waals surface area contributed by atoms with Crippen LogP contribution in [0.5, 0.6) is 0 Å². The van der Waals surface area contributed by atoms with Crippen LogP contribution >= 0.6 is 0 Å². The van der Waals surface area contributed by atoms with E-state index in [0.717, 1.165) is 49.3 Å². The number of benzene rings is 1. The number of aromatic nitrogens is 2. The fourth-order valence-corrected chi connectivity index (χ4v) is 2.61. The molecule has 1 amide bonds. The topological polar surface area (TPSA) is 94.0 Å². The lowest BCUT2D eigenvalue weighted by Crippen LogP contribution is -2.41. The number of amides is 1. The van der Waals surface area contributed by atoms with Gasteiger partial charge in [-0.1, -0.05) is 12.1 Å². The normalized spacial score (nSPS) is 16.0. The SMILES string of the molecule is N#C/C(=C\c1ccc2cn[nH]c2c1)C(=O)NCCN1CCOCC1. The molecule has 0 atom stereocenters. The Balaban J connectivity index is 1.59. The molecule has 1 aliphatic heterocycles. The molecule has 7 nitrogen and oxygen atoms in total. The number of nitrogens with zero attached hydrogens (tertiary/aromatic N) is 3. The van der Waals surface area contributed by atoms with Gasteiger partial charge in [-0.15, -0.1) is 0 Å². The maximum atomic E-state index is 12.2. The number of carbonyl (C=O) groups is 1. The van der Waals surface area contributed by atoms with Gasteiger partial charge in [-0.25, -0.2) is 0 Å². The van der Waals surface area contributed by atoms with E-state index in [1.54, 1.807) is 12.3 Å². The molecule has 2 heterocycles. The number of hydrogen-bond donors (Lipinski definition) is 2. The number of nitriles is 1. The minimum absolute atomic E-state index is 0.0934. The number of ether oxygens (including phenoxy) is 1. The van der Waals surface area contributed by atoms with Crippen molar-refractivity contribution in [3.05, 3.63) is 35.5 Å². The largest absolute Gasteiger partial charge is 0.379 e. The van der Waals surface area contributed by atoms with Crippen molar-refractivity contribution in [1.29, 1.82) is 5.26 Å². The summed E-state index contributed by atoms with van der Waals surface area (Å²) in [5.74, 6) is -0.351. The van der Waals surface area contributed by atoms with Crippen LogP contribution in [0.2, 0.25) is 0 Å². The van der Waals surface area contributed by atoms with E-state index in [4.69, 9.17) is 4.74 Å². The van der Waals surface area contributed by atoms with Crippen LogP contribution in [0.1, 0.15) is 5.56 Å². The van der Waals surface area contributed by atoms with E-state index in [1.165, 1.54) is 0 Å². The van der Waals surface area contributed by atoms with Gasteiger partial charge >= 0.3 is 0 Å². The number of H-pyrrole nitrogens is 1. The Morgan fingerprint density at radius 2 is 2.29 bits per heavy atom. The molecule has 1 aliphatic rings. The number of fused-ring (bicyclic) bond motifs is 1. The Morgan fingerprint density at radius 1 is 1.46 bits per heavy atom. The first-order chi connectivity index (χ1) is 11.8. The van der Waals surface area contributed by atoms with Gasteiger partial charge in [0.05, 0.1) is 24.9 Å². The minimum atomic E-state index is -0.351. The quantitative estimate of drug-likeness (QED) is 0.630. The van der Waals surface area contributed by atoms with E-state index in [2.05, 4.69) is 20.4 Å². The molecule has 3 rings (SSSR count). The van der Waals surface area contributed by atoms with Crippen LogP contribution in [0.4, 0.5) is 0 Å². The molecule has 0 bridgehead atoms. The molecule has 2 aromatic rings. The molecule has 1 aromatic heterocycles. The summed E-state index contributed by atoms with van der Waals surface area (Å²) in [4.78, 5) is 14.4. The van der Waals surface area contributed by atoms with E-state index < -0.39 is 0 Å². The summed E-state index contributed by atoms with van der Waals surface area (Å²) in [5.41, 5.74) is 1.75. The summed E-state index contributed by atoms with van der Waals surface area (Å²) in [7, 11) is 0. The van der Waals surface area contributed by atoms with Gasteiger partial charge in [0.2, 0.25) is 0 Å². The third kappa shape index (κ3) is 3.98. The standard InChI is InChI=1S/C17H19N5O2/c18-11-15(9-13-1-2-14-12-20-21-16(14)10-13)17(23)19-3-4-22-5-7-24-8-6-22/h1-2,9-10,12H,3-8H2,(H,19,23)(H,20,21)/b15-9+. The summed E-state index contributed by atoms with van der Waals surface area (Å²) in [6, 6.07) is 7.59. The first-order valence-corrected chi connectivity index (χ1v) is 7.89. The van der Waals surface area contributed by atoms with Crippen LogP contribution in [-0.4, -0.2) is 60.4 Å². The second-order valence-corrected chi connectivity index (χ2v) is 5.60. The second kappa shape index (κ2) is 7.73. The fraction of sp³-hybridized carbons (Fsp3) is 0.353. The monoisotopic (exact) mass is 325 g/mol. The molecule has 1 aromatic carbocycles. The zero-order valence-corrected chi connectivity index (χ0v) is 13.3. The number of aromatic amines is 1. The Labute approximate surface area is 139 Å². The van der Waals surface area contributed by atoms with Gasteiger partial charge in [0, 0.05) is 31.6 Å². The van der Waals surface area contributed by atoms with E-state index in [0.29, 0.717) is 6.54 Å². The molecule has 24 heavy (non-hydrogen) atoms. The third-order valence-electron chi connectivity index (χ3n) is 3.96. The van der Waals surface area contributed by atoms with E-state index in [9.17, 15) is 10.1 Å². The van der Waals surface area contributed by atoms with Crippen molar-refractivity contribution in [1.82, 2.24) is 20.4 Å². The van der Waals surface area contributed by atoms with Gasteiger partial charge in [0.25, 0.3) is 5.91 Å². The first kappa shape index (κ1) is 16.2. The van der Waals surface area contributed by atoms with Crippen molar-refractivity contribution < 1.29 is 9.53 Å². The van der Waals surface area contributed by atoms with Crippen LogP contribution in [0.15, 0.2) is 30.0 Å². The summed E-state index contributed by atoms with van der Waals surface area (Å²) in [6.07, 6.45) is 3.32. The average molecular weight is 325 g/mol. The molecule has 0 saturated carbocycles. The predicted molar refractivity (Wildman–Crippen MR) is 90.0 cm³/mol. The van der Waals surface area contributed by atoms with E-state index in [-0.39, 0.29) is 11.5 Å². The summed E-state index contributed by atoms with van der Waals surface area (Å²) in [5, 5.41) is 19.9. The molecule has 0 radical (unpaired) electrons. The van der Waals surface area contributed by atoms with Gasteiger partial charge in [-0.05, 0) is 17.7 Å². The molecule has 7 heteroatoms. The van der Waals surface area contributed by atoms with Crippen molar-refractivity contribution in [2.75, 3.05) is 39.4 Å². The Morgan fingerprint density at radius 3 is 3.08 bits per heavy atom. The number of morpholine rings is 1. The summed E-state index contributed by atoms with van der Waals surface area (Å²) < 4.78 is 5.29. The smallest absolute Gasteiger partial charge is 0.261 e. The number of carbonyl (C=O) groups excluding carboxylic acids is 1. The molecule has 1 fully saturated rings. The highest BCUT2D eigenvalue weighted by molar-refractivity contribution is 6.02. The van der Waals surface area contributed by atoms with Gasteiger partial charge in [0.15, 0.2) is 0 Å². The molecule has 124 valence electrons. The average Bonchev–Trinajstić information content (AvgIpc) is 3.08. The Kier molecular flexibility index (Phi) is 5.21. The van der Waals surface area contributed by atoms with E-state index >= 15 is 0 Å². The highest BCUT2D eigenvalue weighted by Crippen LogP contribution is 2.15. The van der Waals surface area contributed by atoms with Crippen molar-refractivity contribution >= 4 is 22.9 Å². The lowest BCUT2D eigenvalue weighted by molar-refractivity contribution is -0.117. The predicted octanol–water partition coefficient (Wildman–Crippen LogP) is 0.918. The van der Waals surface area contributed by atoms with Crippen LogP contribution in [0.3, 0.4) is 0 Å². The van der Waals surface area contributed by atoms with Crippen molar-refractivity contribution in [2.24, 2.45) is 0 Å². The lowest BCUT2D eigenvalue weighted by Gasteiger charge is -2.26. The molecule has 0 spiro atoms. The maximum absolute atomic E-state index is 12.2. The van der Waals surface area contributed by atoms with Crippen molar-refractivity contribution in [2.45, 2.75) is 0 Å². The molecular weight excluding hydrogens is 306 g/mol. The van der Waals surface area contributed by atoms with Gasteiger partial charge in [-0.2, -0.15) is 10.4 Å². The highest BCUT2D eigenvalue weighted by atomic mass is 16.5. The van der Waals surface area contributed by atoms with Crippen LogP contribution in [-0.2, 0) is 9.53 Å². The summed E-state index contributed by atoms with van der Waals surface area (Å²) >= 11 is 0. The third-order valence-corrected chi connectivity index (χ3v) is 3.96. The Bertz CT molecular complexity index is 784. The fourth-order valence-electron chi connectivity index (χ4n) is 2.61. The summed E-state index contributed by atoms with van der Waals surface area (Å²) in [6.45, 7) is 4.48. The van der Waals surface area contributed by atoms with Crippen LogP contribution < -0.4 is 5.32 Å². The molecule has 0 aliphatic carbocycles. The van der Waals surface area contributed by atoms with E-state index in [1.807, 2.05) is 24.3 Å². The molecule has 2 N–H and O–H groups in total. The molecule has 1 saturated heterocycles. The second-order valence-electron chi connectivity index (χ2n) is 5.60. The first-order valence-electron chi connectivity index (χ1n) is 7.89. The highest BCUT2D eigenvalue weighted by Gasteiger charge is 2.12. The van der Waals surface area contributed by atoms with Gasteiger partial charge in [-0.3, -0.25) is 14.8 Å². The minimum Gasteiger partial charge on any atom is -0.379 e. The molecular formula is C17H19N5O2. The lowest BCUT2D eigenvalue weighted by atomic mass is 10.1. The Hall–Kier alpha value is -2.69. The van der Waals surface area contributed by atoms with Gasteiger partial charge < -0.3 is 10.1 Å². The van der Waals surface area contributed by atoms with Crippen LogP contribution in [0, 0.1) is 11.3 Å². The van der Waals surface area contributed by atoms with Gasteiger partial charge in [0.1, 0.15) is 11.6 Å². The number of nitrogens with one attached hydrogen (secondary N) is 2. The number of hydrogen-bond acceptors (Lipinski definition) is 5. The van der Waals surface area contributed by atoms with Crippen molar-refractivity contribution in [3.8, 4) is 6.07 Å². The van der Waals surface area contributed by atoms with Crippen molar-refractivity contribution in [3.63, 3.8) is 0 Å². The number of rotatable bonds is 5. The molecule has 0 unspecified atom stereocenters. The zero-order chi connectivity index (χ0) is 16.8. The maximum Gasteiger partial charge on any atom is 0.261 e. The zero-order valence-electron chi connectivity index (χ0n) is 13.3.